The molecule has 4 rings (SSSR count). The zero-order valence-electron chi connectivity index (χ0n) is 23.6. The van der Waals surface area contributed by atoms with Gasteiger partial charge in [-0.1, -0.05) is 52.0 Å². The Bertz CT molecular complexity index is 1010. The van der Waals surface area contributed by atoms with E-state index >= 15 is 0 Å². The van der Waals surface area contributed by atoms with Gasteiger partial charge in [0.1, 0.15) is 11.8 Å². The van der Waals surface area contributed by atoms with Gasteiger partial charge in [-0.3, -0.25) is 19.7 Å². The lowest BCUT2D eigenvalue weighted by Crippen LogP contribution is -2.41. The fourth-order valence-corrected chi connectivity index (χ4v) is 3.75. The maximum atomic E-state index is 12.3. The minimum atomic E-state index is -0.564. The normalized spacial score (nSPS) is 18.2. The number of nitrogens with zero attached hydrogens (tertiary/aromatic N) is 2. The van der Waals surface area contributed by atoms with Crippen molar-refractivity contribution in [2.24, 2.45) is 0 Å². The van der Waals surface area contributed by atoms with Crippen LogP contribution in [0.5, 0.6) is 5.75 Å². The highest BCUT2D eigenvalue weighted by molar-refractivity contribution is 6.04. The van der Waals surface area contributed by atoms with Gasteiger partial charge in [-0.15, -0.1) is 0 Å². The molecule has 0 saturated carbocycles. The number of methoxy groups -OCH3 is 1. The van der Waals surface area contributed by atoms with Gasteiger partial charge in [0.05, 0.1) is 20.3 Å². The number of imide groups is 1. The molecule has 210 valence electrons. The van der Waals surface area contributed by atoms with E-state index < -0.39 is 12.1 Å². The first-order valence-corrected chi connectivity index (χ1v) is 13.1. The van der Waals surface area contributed by atoms with Crippen molar-refractivity contribution >= 4 is 23.8 Å². The number of fused-ring (bicyclic) bond motifs is 1. The third-order valence-electron chi connectivity index (χ3n) is 5.69. The van der Waals surface area contributed by atoms with E-state index in [4.69, 9.17) is 9.47 Å². The number of carbonyl (C=O) groups excluding carboxylic acids is 4. The van der Waals surface area contributed by atoms with Gasteiger partial charge in [-0.05, 0) is 31.0 Å². The van der Waals surface area contributed by atoms with Gasteiger partial charge >= 0.3 is 6.03 Å². The molecule has 3 aliphatic heterocycles. The predicted octanol–water partition coefficient (Wildman–Crippen LogP) is 3.28. The van der Waals surface area contributed by atoms with Gasteiger partial charge in [0, 0.05) is 37.8 Å². The summed E-state index contributed by atoms with van der Waals surface area (Å²) in [6.45, 7) is 12.8. The topological polar surface area (TPSA) is 117 Å². The second kappa shape index (κ2) is 17.0. The average Bonchev–Trinajstić information content (AvgIpc) is 3.44. The number of hydrogen-bond donors (Lipinski definition) is 2. The van der Waals surface area contributed by atoms with Gasteiger partial charge in [0.2, 0.25) is 0 Å². The summed E-state index contributed by atoms with van der Waals surface area (Å²) in [7, 11) is 3.40. The molecule has 2 saturated heterocycles. The molecule has 0 radical (unpaired) electrons. The molecule has 38 heavy (non-hydrogen) atoms. The van der Waals surface area contributed by atoms with Gasteiger partial charge in [0.15, 0.2) is 0 Å². The molecule has 10 heteroatoms. The second-order valence-corrected chi connectivity index (χ2v) is 7.99. The molecule has 1 unspecified atom stereocenters. The van der Waals surface area contributed by atoms with Crippen molar-refractivity contribution in [3.05, 3.63) is 53.1 Å². The number of rotatable bonds is 5. The molecule has 3 aliphatic rings. The first-order valence-electron chi connectivity index (χ1n) is 13.1. The van der Waals surface area contributed by atoms with E-state index in [9.17, 15) is 19.2 Å². The Kier molecular flexibility index (Phi) is 14.4. The van der Waals surface area contributed by atoms with Crippen molar-refractivity contribution in [1.82, 2.24) is 20.4 Å². The summed E-state index contributed by atoms with van der Waals surface area (Å²) < 4.78 is 10.3. The Labute approximate surface area is 226 Å². The average molecular weight is 531 g/mol. The number of hydrogen-bond acceptors (Lipinski definition) is 6. The molecule has 10 nitrogen and oxygen atoms in total. The van der Waals surface area contributed by atoms with Crippen LogP contribution in [0.3, 0.4) is 0 Å². The third kappa shape index (κ3) is 9.02. The smallest absolute Gasteiger partial charge is 0.322 e. The summed E-state index contributed by atoms with van der Waals surface area (Å²) in [6, 6.07) is 4.57. The van der Waals surface area contributed by atoms with Crippen LogP contribution in [0.4, 0.5) is 4.79 Å². The summed E-state index contributed by atoms with van der Waals surface area (Å²) in [5.41, 5.74) is 2.41. The van der Waals surface area contributed by atoms with Gasteiger partial charge < -0.3 is 24.6 Å². The Balaban J connectivity index is 0.000000363. The van der Waals surface area contributed by atoms with E-state index in [1.807, 2.05) is 39.8 Å². The number of ether oxygens (including phenoxy) is 2. The standard InChI is InChI=1S/C14H19N3O4.C10H11NO2.2C2H6/c1-2-10(13(19)17-6-8-21-9-7-17)4-3-5-11-12(18)16-14(20)15-11;1-11-6-7-3-4-8(13-2)5-9(7)10(11)12;2*1-2/h2-4,11H,5-9H2,1H3,(H2,15,16,18,20);3-5H,6H2,1-2H3;2*1-2H3/b4-3-,10-2+;;;. The molecule has 0 bridgehead atoms. The highest BCUT2D eigenvalue weighted by Crippen LogP contribution is 2.25. The molecule has 2 N–H and O–H groups in total. The monoisotopic (exact) mass is 530 g/mol. The molecule has 0 aromatic heterocycles. The fraction of sp³-hybridized carbons (Fsp3) is 0.500. The lowest BCUT2D eigenvalue weighted by atomic mass is 10.1. The van der Waals surface area contributed by atoms with Gasteiger partial charge in [0.25, 0.3) is 17.7 Å². The quantitative estimate of drug-likeness (QED) is 0.343. The maximum Gasteiger partial charge on any atom is 0.322 e. The maximum absolute atomic E-state index is 12.3. The van der Waals surface area contributed by atoms with Gasteiger partial charge in [-0.2, -0.15) is 0 Å². The van der Waals surface area contributed by atoms with Crippen LogP contribution in [0.15, 0.2) is 42.0 Å². The largest absolute Gasteiger partial charge is 0.497 e. The minimum absolute atomic E-state index is 0.0445. The SMILES string of the molecule is C/C=C(\C=C/CC1NC(=O)NC1=O)C(=O)N1CCOCC1.CC.CC.COc1ccc2c(c1)C(=O)N(C)C2. The van der Waals surface area contributed by atoms with Crippen molar-refractivity contribution in [1.29, 1.82) is 0 Å². The van der Waals surface area contributed by atoms with Crippen molar-refractivity contribution in [3.8, 4) is 5.75 Å². The van der Waals surface area contributed by atoms with Crippen molar-refractivity contribution in [2.75, 3.05) is 40.5 Å². The highest BCUT2D eigenvalue weighted by Gasteiger charge is 2.28. The molecule has 1 atom stereocenters. The number of urea groups is 1. The van der Waals surface area contributed by atoms with E-state index in [1.54, 1.807) is 55.2 Å². The summed E-state index contributed by atoms with van der Waals surface area (Å²) in [4.78, 5) is 49.6. The van der Waals surface area contributed by atoms with E-state index in [0.717, 1.165) is 16.9 Å². The summed E-state index contributed by atoms with van der Waals surface area (Å²) in [6.07, 6.45) is 5.51. The Morgan fingerprint density at radius 2 is 1.79 bits per heavy atom. The highest BCUT2D eigenvalue weighted by atomic mass is 16.5. The Hall–Kier alpha value is -3.66. The van der Waals surface area contributed by atoms with E-state index in [2.05, 4.69) is 10.6 Å². The molecular formula is C28H42N4O6. The van der Waals surface area contributed by atoms with E-state index in [1.165, 1.54) is 0 Å². The van der Waals surface area contributed by atoms with E-state index in [-0.39, 0.29) is 17.7 Å². The van der Waals surface area contributed by atoms with Crippen LogP contribution in [0, 0.1) is 0 Å². The molecule has 0 spiro atoms. The van der Waals surface area contributed by atoms with E-state index in [0.29, 0.717) is 44.8 Å². The van der Waals surface area contributed by atoms with Crippen LogP contribution in [-0.2, 0) is 20.9 Å². The number of morpholine rings is 1. The zero-order chi connectivity index (χ0) is 28.7. The van der Waals surface area contributed by atoms with Crippen LogP contribution >= 0.6 is 0 Å². The Morgan fingerprint density at radius 3 is 2.34 bits per heavy atom. The zero-order valence-corrected chi connectivity index (χ0v) is 23.6. The van der Waals surface area contributed by atoms with Crippen molar-refractivity contribution < 1.29 is 28.7 Å². The van der Waals surface area contributed by atoms with Crippen LogP contribution in [0.1, 0.15) is 57.0 Å². The summed E-state index contributed by atoms with van der Waals surface area (Å²) in [5, 5.41) is 4.67. The van der Waals surface area contributed by atoms with Crippen molar-refractivity contribution in [2.45, 2.75) is 53.6 Å². The first kappa shape index (κ1) is 32.4. The lowest BCUT2D eigenvalue weighted by Gasteiger charge is -2.27. The number of carbonyl (C=O) groups is 4. The number of allylic oxidation sites excluding steroid dienone is 1. The fourth-order valence-electron chi connectivity index (χ4n) is 3.75. The third-order valence-corrected chi connectivity index (χ3v) is 5.69. The van der Waals surface area contributed by atoms with Gasteiger partial charge in [-0.25, -0.2) is 4.79 Å². The predicted molar refractivity (Wildman–Crippen MR) is 147 cm³/mol. The molecule has 0 aliphatic carbocycles. The Morgan fingerprint density at radius 1 is 1.13 bits per heavy atom. The van der Waals surface area contributed by atoms with Crippen molar-refractivity contribution in [3.63, 3.8) is 0 Å². The number of nitrogens with one attached hydrogen (secondary N) is 2. The molecule has 5 amide bonds. The number of benzene rings is 1. The number of amides is 5. The molecule has 1 aromatic rings. The molecule has 2 fully saturated rings. The molecule has 3 heterocycles. The second-order valence-electron chi connectivity index (χ2n) is 7.99. The summed E-state index contributed by atoms with van der Waals surface area (Å²) in [5.74, 6) is 0.430. The first-order chi connectivity index (χ1) is 18.3. The summed E-state index contributed by atoms with van der Waals surface area (Å²) >= 11 is 0. The van der Waals surface area contributed by atoms with Crippen LogP contribution in [0.25, 0.3) is 0 Å². The minimum Gasteiger partial charge on any atom is -0.497 e. The molecule has 1 aromatic carbocycles. The van der Waals surface area contributed by atoms with Crippen LogP contribution in [-0.4, -0.2) is 80.1 Å². The molecular weight excluding hydrogens is 488 g/mol. The van der Waals surface area contributed by atoms with Crippen LogP contribution < -0.4 is 15.4 Å². The lowest BCUT2D eigenvalue weighted by molar-refractivity contribution is -0.130. The van der Waals surface area contributed by atoms with Crippen LogP contribution in [0.2, 0.25) is 0 Å².